The van der Waals surface area contributed by atoms with E-state index < -0.39 is 5.82 Å². The van der Waals surface area contributed by atoms with Gasteiger partial charge in [-0.2, -0.15) is 5.26 Å². The lowest BCUT2D eigenvalue weighted by molar-refractivity contribution is 0.102. The van der Waals surface area contributed by atoms with E-state index in [1.807, 2.05) is 12.3 Å². The first kappa shape index (κ1) is 17.0. The molecular weight excluding hydrogens is 339 g/mol. The first-order chi connectivity index (χ1) is 12.1. The van der Waals surface area contributed by atoms with Crippen LogP contribution in [0.3, 0.4) is 0 Å². The van der Waals surface area contributed by atoms with E-state index in [0.29, 0.717) is 29.1 Å². The van der Waals surface area contributed by atoms with Crippen LogP contribution in [0.2, 0.25) is 0 Å². The number of carbonyl (C=O) groups excluding carboxylic acids is 1. The van der Waals surface area contributed by atoms with Gasteiger partial charge in [0.05, 0.1) is 5.69 Å². The smallest absolute Gasteiger partial charge is 0.274 e. The minimum absolute atomic E-state index is 0.340. The molecule has 0 saturated heterocycles. The van der Waals surface area contributed by atoms with E-state index in [-0.39, 0.29) is 5.91 Å². The monoisotopic (exact) mass is 354 g/mol. The third kappa shape index (κ3) is 3.64. The van der Waals surface area contributed by atoms with Crippen LogP contribution in [0.4, 0.5) is 10.1 Å². The minimum Gasteiger partial charge on any atom is -0.321 e. The number of nitriles is 1. The van der Waals surface area contributed by atoms with Crippen molar-refractivity contribution < 1.29 is 9.18 Å². The van der Waals surface area contributed by atoms with E-state index in [1.54, 1.807) is 30.3 Å². The molecule has 1 amide bonds. The van der Waals surface area contributed by atoms with Crippen molar-refractivity contribution in [3.05, 3.63) is 59.8 Å². The lowest BCUT2D eigenvalue weighted by Crippen LogP contribution is -2.16. The summed E-state index contributed by atoms with van der Waals surface area (Å²) in [6, 6.07) is 9.83. The zero-order chi connectivity index (χ0) is 17.8. The standard InChI is InChI=1S/C18H15FN4OS/c1-2-3-15-17(23-10-12(19)4-9-16(23)22-15)18(24)21-13-5-7-14(8-6-13)25-11-20/h4-10H,2-3H2,1H3,(H,21,24). The van der Waals surface area contributed by atoms with Crippen molar-refractivity contribution in [2.75, 3.05) is 5.32 Å². The molecule has 25 heavy (non-hydrogen) atoms. The maximum absolute atomic E-state index is 13.6. The van der Waals surface area contributed by atoms with Gasteiger partial charge in [0, 0.05) is 16.8 Å². The molecule has 126 valence electrons. The molecule has 0 unspecified atom stereocenters. The molecule has 3 rings (SSSR count). The number of carbonyl (C=O) groups is 1. The zero-order valence-corrected chi connectivity index (χ0v) is 14.3. The maximum atomic E-state index is 13.6. The number of thiocyanates is 1. The molecule has 2 aromatic heterocycles. The highest BCUT2D eigenvalue weighted by molar-refractivity contribution is 8.03. The predicted octanol–water partition coefficient (Wildman–Crippen LogP) is 4.25. The van der Waals surface area contributed by atoms with E-state index in [2.05, 4.69) is 10.3 Å². The van der Waals surface area contributed by atoms with E-state index in [0.717, 1.165) is 23.1 Å². The number of aromatic nitrogens is 2. The third-order valence-electron chi connectivity index (χ3n) is 3.63. The van der Waals surface area contributed by atoms with Gasteiger partial charge in [0.25, 0.3) is 5.91 Å². The number of halogens is 1. The van der Waals surface area contributed by atoms with Crippen molar-refractivity contribution in [1.29, 1.82) is 5.26 Å². The molecule has 0 spiro atoms. The van der Waals surface area contributed by atoms with Gasteiger partial charge in [-0.3, -0.25) is 9.20 Å². The van der Waals surface area contributed by atoms with Crippen molar-refractivity contribution in [1.82, 2.24) is 9.38 Å². The van der Waals surface area contributed by atoms with Crippen LogP contribution in [0.5, 0.6) is 0 Å². The Kier molecular flexibility index (Phi) is 5.00. The van der Waals surface area contributed by atoms with Crippen molar-refractivity contribution >= 4 is 29.0 Å². The van der Waals surface area contributed by atoms with Gasteiger partial charge in [-0.1, -0.05) is 13.3 Å². The Morgan fingerprint density at radius 2 is 2.08 bits per heavy atom. The number of fused-ring (bicyclic) bond motifs is 1. The highest BCUT2D eigenvalue weighted by atomic mass is 32.2. The molecule has 0 bridgehead atoms. The second-order valence-electron chi connectivity index (χ2n) is 5.40. The van der Waals surface area contributed by atoms with E-state index in [4.69, 9.17) is 5.26 Å². The molecule has 7 heteroatoms. The van der Waals surface area contributed by atoms with Gasteiger partial charge < -0.3 is 5.32 Å². The number of rotatable bonds is 5. The summed E-state index contributed by atoms with van der Waals surface area (Å²) in [4.78, 5) is 18.0. The molecule has 0 aliphatic rings. The Morgan fingerprint density at radius 1 is 1.32 bits per heavy atom. The van der Waals surface area contributed by atoms with Crippen LogP contribution in [0.25, 0.3) is 5.65 Å². The Labute approximate surface area is 148 Å². The van der Waals surface area contributed by atoms with E-state index in [9.17, 15) is 9.18 Å². The lowest BCUT2D eigenvalue weighted by atomic mass is 10.2. The molecule has 0 atom stereocenters. The summed E-state index contributed by atoms with van der Waals surface area (Å²) in [5, 5.41) is 13.5. The number of hydrogen-bond donors (Lipinski definition) is 1. The molecule has 0 aliphatic carbocycles. The van der Waals surface area contributed by atoms with Gasteiger partial charge in [-0.05, 0) is 54.6 Å². The third-order valence-corrected chi connectivity index (χ3v) is 4.23. The number of benzene rings is 1. The number of imidazole rings is 1. The predicted molar refractivity (Wildman–Crippen MR) is 95.0 cm³/mol. The Bertz CT molecular complexity index is 960. The van der Waals surface area contributed by atoms with Crippen LogP contribution in [0.15, 0.2) is 47.5 Å². The number of thioether (sulfide) groups is 1. The molecule has 1 aromatic carbocycles. The van der Waals surface area contributed by atoms with Crippen molar-refractivity contribution in [3.8, 4) is 5.40 Å². The topological polar surface area (TPSA) is 70.2 Å². The lowest BCUT2D eigenvalue weighted by Gasteiger charge is -2.07. The Morgan fingerprint density at radius 3 is 2.76 bits per heavy atom. The molecule has 0 fully saturated rings. The number of anilines is 1. The fraction of sp³-hybridized carbons (Fsp3) is 0.167. The van der Waals surface area contributed by atoms with Crippen molar-refractivity contribution in [2.45, 2.75) is 24.7 Å². The summed E-state index contributed by atoms with van der Waals surface area (Å²) in [5.74, 6) is -0.776. The van der Waals surface area contributed by atoms with Crippen LogP contribution >= 0.6 is 11.8 Å². The number of nitrogens with zero attached hydrogens (tertiary/aromatic N) is 3. The Balaban J connectivity index is 1.94. The number of pyridine rings is 1. The Hall–Kier alpha value is -2.85. The van der Waals surface area contributed by atoms with E-state index >= 15 is 0 Å². The summed E-state index contributed by atoms with van der Waals surface area (Å²) >= 11 is 1.05. The van der Waals surface area contributed by atoms with Gasteiger partial charge >= 0.3 is 0 Å². The number of hydrogen-bond acceptors (Lipinski definition) is 4. The summed E-state index contributed by atoms with van der Waals surface area (Å²) in [7, 11) is 0. The molecule has 3 aromatic rings. The minimum atomic E-state index is -0.431. The first-order valence-electron chi connectivity index (χ1n) is 7.76. The second-order valence-corrected chi connectivity index (χ2v) is 6.26. The molecule has 0 radical (unpaired) electrons. The fourth-order valence-electron chi connectivity index (χ4n) is 2.57. The highest BCUT2D eigenvalue weighted by Gasteiger charge is 2.19. The first-order valence-corrected chi connectivity index (χ1v) is 8.58. The van der Waals surface area contributed by atoms with Gasteiger partial charge in [0.2, 0.25) is 0 Å². The van der Waals surface area contributed by atoms with Crippen LogP contribution in [0.1, 0.15) is 29.5 Å². The summed E-state index contributed by atoms with van der Waals surface area (Å²) in [6.07, 6.45) is 2.72. The average molecular weight is 354 g/mol. The van der Waals surface area contributed by atoms with Crippen molar-refractivity contribution in [3.63, 3.8) is 0 Å². The molecule has 0 saturated carbocycles. The molecule has 1 N–H and O–H groups in total. The summed E-state index contributed by atoms with van der Waals surface area (Å²) in [6.45, 7) is 2.00. The van der Waals surface area contributed by atoms with E-state index in [1.165, 1.54) is 16.7 Å². The number of nitrogens with one attached hydrogen (secondary N) is 1. The molecular formula is C18H15FN4OS. The molecule has 2 heterocycles. The highest BCUT2D eigenvalue weighted by Crippen LogP contribution is 2.21. The maximum Gasteiger partial charge on any atom is 0.274 e. The van der Waals surface area contributed by atoms with Gasteiger partial charge in [0.15, 0.2) is 0 Å². The SMILES string of the molecule is CCCc1nc2ccc(F)cn2c1C(=O)Nc1ccc(SC#N)cc1. The average Bonchev–Trinajstić information content (AvgIpc) is 2.94. The zero-order valence-electron chi connectivity index (χ0n) is 13.5. The quantitative estimate of drug-likeness (QED) is 0.549. The molecule has 5 nitrogen and oxygen atoms in total. The second kappa shape index (κ2) is 7.36. The fourth-order valence-corrected chi connectivity index (χ4v) is 2.95. The van der Waals surface area contributed by atoms with Crippen LogP contribution in [-0.4, -0.2) is 15.3 Å². The van der Waals surface area contributed by atoms with Crippen LogP contribution in [0, 0.1) is 16.5 Å². The molecule has 0 aliphatic heterocycles. The number of aryl methyl sites for hydroxylation is 1. The van der Waals surface area contributed by atoms with Crippen molar-refractivity contribution in [2.24, 2.45) is 0 Å². The normalized spacial score (nSPS) is 10.6. The number of amides is 1. The largest absolute Gasteiger partial charge is 0.321 e. The van der Waals surface area contributed by atoms with Crippen LogP contribution in [-0.2, 0) is 6.42 Å². The van der Waals surface area contributed by atoms with Crippen LogP contribution < -0.4 is 5.32 Å². The summed E-state index contributed by atoms with van der Waals surface area (Å²) < 4.78 is 15.1. The summed E-state index contributed by atoms with van der Waals surface area (Å²) in [5.41, 5.74) is 2.12. The van der Waals surface area contributed by atoms with Gasteiger partial charge in [0.1, 0.15) is 22.6 Å². The van der Waals surface area contributed by atoms with Gasteiger partial charge in [-0.25, -0.2) is 9.37 Å². The van der Waals surface area contributed by atoms with Gasteiger partial charge in [-0.15, -0.1) is 0 Å².